The monoisotopic (exact) mass is 200 g/mol. The first-order valence-corrected chi connectivity index (χ1v) is 5.45. The summed E-state index contributed by atoms with van der Waals surface area (Å²) in [6.45, 7) is 12.4. The maximum absolute atomic E-state index is 3.98. The second kappa shape index (κ2) is 4.97. The highest BCUT2D eigenvalue weighted by molar-refractivity contribution is 5.46. The number of rotatable bonds is 2. The van der Waals surface area contributed by atoms with Crippen molar-refractivity contribution >= 4 is 0 Å². The van der Waals surface area contributed by atoms with Crippen LogP contribution in [0, 0.1) is 5.92 Å². The third-order valence-corrected chi connectivity index (χ3v) is 2.69. The quantitative estimate of drug-likeness (QED) is 0.572. The van der Waals surface area contributed by atoms with Gasteiger partial charge in [-0.15, -0.1) is 0 Å². The van der Waals surface area contributed by atoms with Gasteiger partial charge in [0.2, 0.25) is 0 Å². The first-order valence-electron chi connectivity index (χ1n) is 5.45. The molecule has 0 N–H and O–H groups in total. The van der Waals surface area contributed by atoms with Crippen molar-refractivity contribution in [3.8, 4) is 0 Å². The van der Waals surface area contributed by atoms with Gasteiger partial charge in [0.1, 0.15) is 0 Å². The third kappa shape index (κ3) is 3.09. The zero-order chi connectivity index (χ0) is 11.4. The molecule has 0 aromatic heterocycles. The topological polar surface area (TPSA) is 0 Å². The van der Waals surface area contributed by atoms with Gasteiger partial charge < -0.3 is 0 Å². The highest BCUT2D eigenvalue weighted by Crippen LogP contribution is 2.24. The van der Waals surface area contributed by atoms with Crippen molar-refractivity contribution < 1.29 is 0 Å². The van der Waals surface area contributed by atoms with Crippen LogP contribution in [-0.2, 0) is 0 Å². The molecule has 1 aliphatic rings. The van der Waals surface area contributed by atoms with Crippen molar-refractivity contribution in [3.05, 3.63) is 59.3 Å². The van der Waals surface area contributed by atoms with E-state index in [0.717, 1.165) is 5.57 Å². The van der Waals surface area contributed by atoms with E-state index in [1.807, 2.05) is 6.92 Å². The Labute approximate surface area is 93.4 Å². The predicted molar refractivity (Wildman–Crippen MR) is 68.7 cm³/mol. The summed E-state index contributed by atoms with van der Waals surface area (Å²) >= 11 is 0. The summed E-state index contributed by atoms with van der Waals surface area (Å²) in [6.07, 6.45) is 11.0. The molecule has 0 aliphatic heterocycles. The van der Waals surface area contributed by atoms with Gasteiger partial charge in [-0.25, -0.2) is 0 Å². The first kappa shape index (κ1) is 11.8. The lowest BCUT2D eigenvalue weighted by atomic mass is 9.91. The van der Waals surface area contributed by atoms with Gasteiger partial charge >= 0.3 is 0 Å². The minimum atomic E-state index is 0.503. The van der Waals surface area contributed by atoms with Crippen molar-refractivity contribution in [2.75, 3.05) is 0 Å². The van der Waals surface area contributed by atoms with E-state index in [1.165, 1.54) is 16.7 Å². The normalized spacial score (nSPS) is 24.3. The van der Waals surface area contributed by atoms with Crippen LogP contribution in [0.15, 0.2) is 59.3 Å². The molecular weight excluding hydrogens is 180 g/mol. The van der Waals surface area contributed by atoms with E-state index in [0.29, 0.717) is 5.92 Å². The van der Waals surface area contributed by atoms with Gasteiger partial charge in [-0.3, -0.25) is 0 Å². The Balaban J connectivity index is 3.02. The van der Waals surface area contributed by atoms with Crippen molar-refractivity contribution in [1.29, 1.82) is 0 Å². The maximum atomic E-state index is 3.98. The van der Waals surface area contributed by atoms with Crippen LogP contribution >= 0.6 is 0 Å². The van der Waals surface area contributed by atoms with E-state index in [4.69, 9.17) is 0 Å². The smallest absolute Gasteiger partial charge is 0.000691 e. The first-order chi connectivity index (χ1) is 7.04. The van der Waals surface area contributed by atoms with E-state index in [9.17, 15) is 0 Å². The van der Waals surface area contributed by atoms with Gasteiger partial charge in [0, 0.05) is 0 Å². The summed E-state index contributed by atoms with van der Waals surface area (Å²) in [4.78, 5) is 0. The molecule has 0 heteroatoms. The fourth-order valence-corrected chi connectivity index (χ4v) is 1.66. The molecule has 0 bridgehead atoms. The van der Waals surface area contributed by atoms with Gasteiger partial charge in [-0.1, -0.05) is 55.0 Å². The summed E-state index contributed by atoms with van der Waals surface area (Å²) in [5, 5.41) is 0. The van der Waals surface area contributed by atoms with Crippen LogP contribution in [0.5, 0.6) is 0 Å². The lowest BCUT2D eigenvalue weighted by Gasteiger charge is -2.15. The number of allylic oxidation sites excluding steroid dienone is 9. The van der Waals surface area contributed by atoms with Crippen molar-refractivity contribution in [3.63, 3.8) is 0 Å². The molecule has 0 fully saturated rings. The molecule has 0 saturated carbocycles. The van der Waals surface area contributed by atoms with Crippen LogP contribution < -0.4 is 0 Å². The van der Waals surface area contributed by atoms with Gasteiger partial charge in [0.15, 0.2) is 0 Å². The zero-order valence-corrected chi connectivity index (χ0v) is 10.2. The Morgan fingerprint density at radius 1 is 1.47 bits per heavy atom. The molecule has 0 spiro atoms. The molecule has 0 heterocycles. The molecule has 1 aliphatic carbocycles. The minimum Gasteiger partial charge on any atom is -0.0955 e. The Kier molecular flexibility index (Phi) is 3.90. The molecule has 1 rings (SSSR count). The summed E-state index contributed by atoms with van der Waals surface area (Å²) in [7, 11) is 0. The lowest BCUT2D eigenvalue weighted by molar-refractivity contribution is 0.875. The molecule has 80 valence electrons. The molecule has 1 atom stereocenters. The second-order valence-electron chi connectivity index (χ2n) is 4.20. The van der Waals surface area contributed by atoms with Crippen LogP contribution in [-0.4, -0.2) is 0 Å². The zero-order valence-electron chi connectivity index (χ0n) is 10.2. The van der Waals surface area contributed by atoms with E-state index < -0.39 is 0 Å². The van der Waals surface area contributed by atoms with Crippen LogP contribution in [0.3, 0.4) is 0 Å². The number of hydrogen-bond acceptors (Lipinski definition) is 0. The molecule has 0 nitrogen and oxygen atoms in total. The van der Waals surface area contributed by atoms with E-state index >= 15 is 0 Å². The third-order valence-electron chi connectivity index (χ3n) is 2.69. The summed E-state index contributed by atoms with van der Waals surface area (Å²) in [5.74, 6) is 0.503. The molecule has 0 aromatic rings. The van der Waals surface area contributed by atoms with Gasteiger partial charge in [0.25, 0.3) is 0 Å². The predicted octanol–water partition coefficient (Wildman–Crippen LogP) is 4.59. The van der Waals surface area contributed by atoms with E-state index in [-0.39, 0.29) is 0 Å². The lowest BCUT2D eigenvalue weighted by Crippen LogP contribution is -1.99. The Hall–Kier alpha value is -1.30. The summed E-state index contributed by atoms with van der Waals surface area (Å²) in [6, 6.07) is 0. The van der Waals surface area contributed by atoms with Gasteiger partial charge in [-0.05, 0) is 37.8 Å². The average molecular weight is 200 g/mol. The van der Waals surface area contributed by atoms with Crippen LogP contribution in [0.1, 0.15) is 27.7 Å². The maximum Gasteiger partial charge on any atom is -0.000691 e. The Bertz CT molecular complexity index is 373. The molecule has 0 amide bonds. The fraction of sp³-hybridized carbons (Fsp3) is 0.333. The van der Waals surface area contributed by atoms with Crippen molar-refractivity contribution in [1.82, 2.24) is 0 Å². The van der Waals surface area contributed by atoms with Crippen molar-refractivity contribution in [2.24, 2.45) is 5.92 Å². The van der Waals surface area contributed by atoms with Gasteiger partial charge in [0.05, 0.1) is 0 Å². The molecule has 0 saturated heterocycles. The minimum absolute atomic E-state index is 0.503. The summed E-state index contributed by atoms with van der Waals surface area (Å²) < 4.78 is 0. The van der Waals surface area contributed by atoms with Gasteiger partial charge in [-0.2, -0.15) is 0 Å². The Morgan fingerprint density at radius 2 is 2.13 bits per heavy atom. The molecule has 1 unspecified atom stereocenters. The van der Waals surface area contributed by atoms with E-state index in [1.54, 1.807) is 0 Å². The fourth-order valence-electron chi connectivity index (χ4n) is 1.66. The highest BCUT2D eigenvalue weighted by atomic mass is 14.1. The highest BCUT2D eigenvalue weighted by Gasteiger charge is 2.08. The molecule has 0 aromatic carbocycles. The standard InChI is InChI=1S/C15H20/c1-6-14(11(2)3)10-15-9-12(4)7-8-13(15)5/h6-10,13H,2H2,1,3-5H3. The Morgan fingerprint density at radius 3 is 2.67 bits per heavy atom. The largest absolute Gasteiger partial charge is 0.0955 e. The summed E-state index contributed by atoms with van der Waals surface area (Å²) in [5.41, 5.74) is 5.04. The molecular formula is C15H20. The van der Waals surface area contributed by atoms with Crippen molar-refractivity contribution in [2.45, 2.75) is 27.7 Å². The number of hydrogen-bond donors (Lipinski definition) is 0. The van der Waals surface area contributed by atoms with E-state index in [2.05, 4.69) is 57.7 Å². The molecule has 15 heavy (non-hydrogen) atoms. The van der Waals surface area contributed by atoms with Crippen LogP contribution in [0.25, 0.3) is 0 Å². The SMILES string of the molecule is C=C(C)C(=CC)C=C1C=C(C)C=CC1C. The van der Waals surface area contributed by atoms with Crippen LogP contribution in [0.4, 0.5) is 0 Å². The second-order valence-corrected chi connectivity index (χ2v) is 4.20. The molecule has 0 radical (unpaired) electrons. The average Bonchev–Trinajstić information content (AvgIpc) is 2.18. The van der Waals surface area contributed by atoms with Crippen LogP contribution in [0.2, 0.25) is 0 Å².